The minimum atomic E-state index is -0.539. The van der Waals surface area contributed by atoms with Gasteiger partial charge in [0.05, 0.1) is 7.11 Å². The van der Waals surface area contributed by atoms with Crippen LogP contribution in [0.2, 0.25) is 0 Å². The largest absolute Gasteiger partial charge is 0.497 e. The Morgan fingerprint density at radius 3 is 2.11 bits per heavy atom. The fourth-order valence-corrected chi connectivity index (χ4v) is 3.10. The van der Waals surface area contributed by atoms with E-state index in [4.69, 9.17) is 9.47 Å². The van der Waals surface area contributed by atoms with Crippen molar-refractivity contribution in [2.24, 2.45) is 0 Å². The molecule has 0 bridgehead atoms. The Bertz CT molecular complexity index is 950. The van der Waals surface area contributed by atoms with Crippen LogP contribution in [0.15, 0.2) is 91.0 Å². The average molecular weight is 357 g/mol. The number of hydrogen-bond donors (Lipinski definition) is 0. The number of amides is 1. The van der Waals surface area contributed by atoms with Gasteiger partial charge in [0, 0.05) is 22.9 Å². The number of hydrogen-bond acceptors (Lipinski definition) is 3. The van der Waals surface area contributed by atoms with Crippen LogP contribution in [-0.4, -0.2) is 13.0 Å². The Morgan fingerprint density at radius 1 is 0.852 bits per heavy atom. The molecular weight excluding hydrogens is 338 g/mol. The number of ether oxygens (including phenoxy) is 2. The van der Waals surface area contributed by atoms with Crippen LogP contribution in [0.5, 0.6) is 5.75 Å². The van der Waals surface area contributed by atoms with Crippen molar-refractivity contribution >= 4 is 17.4 Å². The highest BCUT2D eigenvalue weighted by atomic mass is 16.5. The zero-order chi connectivity index (χ0) is 18.6. The van der Waals surface area contributed by atoms with Crippen molar-refractivity contribution < 1.29 is 14.3 Å². The molecule has 3 aromatic rings. The Balaban J connectivity index is 1.76. The molecule has 1 amide bonds. The number of carbonyl (C=O) groups is 1. The molecule has 0 saturated carbocycles. The van der Waals surface area contributed by atoms with Gasteiger partial charge in [-0.2, -0.15) is 0 Å². The Labute approximate surface area is 158 Å². The molecule has 4 heteroatoms. The molecule has 0 unspecified atom stereocenters. The van der Waals surface area contributed by atoms with E-state index < -0.39 is 6.23 Å². The van der Waals surface area contributed by atoms with E-state index in [2.05, 4.69) is 0 Å². The highest BCUT2D eigenvalue weighted by Crippen LogP contribution is 2.36. The zero-order valence-corrected chi connectivity index (χ0v) is 14.9. The molecule has 1 aliphatic heterocycles. The lowest BCUT2D eigenvalue weighted by molar-refractivity contribution is -0.117. The van der Waals surface area contributed by atoms with E-state index in [1.165, 1.54) is 6.08 Å². The van der Waals surface area contributed by atoms with Gasteiger partial charge in [-0.1, -0.05) is 48.5 Å². The summed E-state index contributed by atoms with van der Waals surface area (Å²) in [5, 5.41) is 0. The molecule has 4 rings (SSSR count). The Kier molecular flexibility index (Phi) is 4.62. The first kappa shape index (κ1) is 16.9. The summed E-state index contributed by atoms with van der Waals surface area (Å²) in [6.45, 7) is 0. The molecule has 1 heterocycles. The van der Waals surface area contributed by atoms with Crippen LogP contribution >= 0.6 is 0 Å². The van der Waals surface area contributed by atoms with Crippen molar-refractivity contribution in [2.45, 2.75) is 6.23 Å². The van der Waals surface area contributed by atoms with Crippen LogP contribution in [0.1, 0.15) is 17.4 Å². The predicted octanol–water partition coefficient (Wildman–Crippen LogP) is 4.80. The van der Waals surface area contributed by atoms with Crippen LogP contribution in [0.3, 0.4) is 0 Å². The molecule has 0 spiro atoms. The lowest BCUT2D eigenvalue weighted by Crippen LogP contribution is -2.38. The normalized spacial score (nSPS) is 16.5. The number of nitrogens with zero attached hydrogens (tertiary/aromatic N) is 1. The lowest BCUT2D eigenvalue weighted by atomic mass is 10.1. The SMILES string of the molecule is COc1ccc(C2=CC(=O)N(c3ccccc3)[C@H](c3ccccc3)O2)cc1. The maximum atomic E-state index is 13.0. The highest BCUT2D eigenvalue weighted by Gasteiger charge is 2.32. The topological polar surface area (TPSA) is 38.8 Å². The number of para-hydroxylation sites is 1. The minimum Gasteiger partial charge on any atom is -0.497 e. The van der Waals surface area contributed by atoms with Gasteiger partial charge in [-0.15, -0.1) is 0 Å². The van der Waals surface area contributed by atoms with E-state index in [9.17, 15) is 4.79 Å². The second kappa shape index (κ2) is 7.38. The lowest BCUT2D eigenvalue weighted by Gasteiger charge is -2.35. The van der Waals surface area contributed by atoms with E-state index in [1.54, 1.807) is 12.0 Å². The summed E-state index contributed by atoms with van der Waals surface area (Å²) in [5.74, 6) is 1.18. The van der Waals surface area contributed by atoms with Crippen LogP contribution in [-0.2, 0) is 9.53 Å². The van der Waals surface area contributed by atoms with Gasteiger partial charge >= 0.3 is 0 Å². The average Bonchev–Trinajstić information content (AvgIpc) is 2.74. The Hall–Kier alpha value is -3.53. The summed E-state index contributed by atoms with van der Waals surface area (Å²) in [7, 11) is 1.62. The van der Waals surface area contributed by atoms with Gasteiger partial charge in [-0.05, 0) is 36.4 Å². The molecule has 0 radical (unpaired) electrons. The van der Waals surface area contributed by atoms with Crippen LogP contribution in [0.25, 0.3) is 5.76 Å². The maximum absolute atomic E-state index is 13.0. The van der Waals surface area contributed by atoms with Gasteiger partial charge in [-0.3, -0.25) is 9.69 Å². The molecule has 1 aliphatic rings. The summed E-state index contributed by atoms with van der Waals surface area (Å²) in [6, 6.07) is 26.8. The monoisotopic (exact) mass is 357 g/mol. The molecule has 0 aromatic heterocycles. The fraction of sp³-hybridized carbons (Fsp3) is 0.0870. The number of rotatable bonds is 4. The van der Waals surface area contributed by atoms with E-state index in [0.29, 0.717) is 5.76 Å². The van der Waals surface area contributed by atoms with E-state index in [-0.39, 0.29) is 5.91 Å². The summed E-state index contributed by atoms with van der Waals surface area (Å²) in [4.78, 5) is 14.7. The molecular formula is C23H19NO3. The van der Waals surface area contributed by atoms with Crippen LogP contribution in [0, 0.1) is 0 Å². The number of benzene rings is 3. The quantitative estimate of drug-likeness (QED) is 0.673. The van der Waals surface area contributed by atoms with Crippen molar-refractivity contribution in [3.05, 3.63) is 102 Å². The second-order valence-electron chi connectivity index (χ2n) is 6.16. The smallest absolute Gasteiger partial charge is 0.257 e. The molecule has 134 valence electrons. The fourth-order valence-electron chi connectivity index (χ4n) is 3.10. The summed E-state index contributed by atoms with van der Waals surface area (Å²) < 4.78 is 11.5. The molecule has 0 N–H and O–H groups in total. The van der Waals surface area contributed by atoms with Gasteiger partial charge in [0.1, 0.15) is 11.5 Å². The molecule has 1 atom stereocenters. The standard InChI is InChI=1S/C23H19NO3/c1-26-20-14-12-17(13-15-20)21-16-22(25)24(19-10-6-3-7-11-19)23(27-21)18-8-4-2-5-9-18/h2-16,23H,1H3/t23-/m0/s1. The third-order valence-electron chi connectivity index (χ3n) is 4.46. The number of methoxy groups -OCH3 is 1. The molecule has 4 nitrogen and oxygen atoms in total. The van der Waals surface area contributed by atoms with Gasteiger partial charge in [0.25, 0.3) is 5.91 Å². The van der Waals surface area contributed by atoms with Crippen molar-refractivity contribution in [3.8, 4) is 5.75 Å². The number of carbonyl (C=O) groups excluding carboxylic acids is 1. The first-order valence-corrected chi connectivity index (χ1v) is 8.72. The summed E-state index contributed by atoms with van der Waals surface area (Å²) >= 11 is 0. The van der Waals surface area contributed by atoms with E-state index >= 15 is 0 Å². The summed E-state index contributed by atoms with van der Waals surface area (Å²) in [5.41, 5.74) is 2.54. The second-order valence-corrected chi connectivity index (χ2v) is 6.16. The molecule has 0 fully saturated rings. The molecule has 0 saturated heterocycles. The first-order chi connectivity index (χ1) is 13.3. The third-order valence-corrected chi connectivity index (χ3v) is 4.46. The van der Waals surface area contributed by atoms with Crippen LogP contribution in [0.4, 0.5) is 5.69 Å². The summed E-state index contributed by atoms with van der Waals surface area (Å²) in [6.07, 6.45) is 0.997. The highest BCUT2D eigenvalue weighted by molar-refractivity contribution is 6.06. The van der Waals surface area contributed by atoms with Crippen molar-refractivity contribution in [2.75, 3.05) is 12.0 Å². The Morgan fingerprint density at radius 2 is 1.48 bits per heavy atom. The molecule has 0 aliphatic carbocycles. The van der Waals surface area contributed by atoms with E-state index in [1.807, 2.05) is 84.9 Å². The van der Waals surface area contributed by atoms with Crippen molar-refractivity contribution in [1.29, 1.82) is 0 Å². The van der Waals surface area contributed by atoms with Crippen molar-refractivity contribution in [1.82, 2.24) is 0 Å². The van der Waals surface area contributed by atoms with E-state index in [0.717, 1.165) is 22.6 Å². The van der Waals surface area contributed by atoms with Gasteiger partial charge < -0.3 is 9.47 Å². The molecule has 3 aromatic carbocycles. The van der Waals surface area contributed by atoms with Gasteiger partial charge in [0.2, 0.25) is 6.23 Å². The first-order valence-electron chi connectivity index (χ1n) is 8.72. The predicted molar refractivity (Wildman–Crippen MR) is 105 cm³/mol. The van der Waals surface area contributed by atoms with Gasteiger partial charge in [-0.25, -0.2) is 0 Å². The number of anilines is 1. The third kappa shape index (κ3) is 3.42. The molecule has 27 heavy (non-hydrogen) atoms. The maximum Gasteiger partial charge on any atom is 0.257 e. The van der Waals surface area contributed by atoms with Crippen LogP contribution < -0.4 is 9.64 Å². The van der Waals surface area contributed by atoms with Crippen molar-refractivity contribution in [3.63, 3.8) is 0 Å². The minimum absolute atomic E-state index is 0.118. The zero-order valence-electron chi connectivity index (χ0n) is 14.9. The van der Waals surface area contributed by atoms with Gasteiger partial charge in [0.15, 0.2) is 0 Å².